The first-order chi connectivity index (χ1) is 15.0. The first-order valence-corrected chi connectivity index (χ1v) is 11.5. The summed E-state index contributed by atoms with van der Waals surface area (Å²) in [4.78, 5) is 13.3. The van der Waals surface area contributed by atoms with Gasteiger partial charge in [0.1, 0.15) is 11.3 Å². The normalized spacial score (nSPS) is 12.0. The number of fused-ring (bicyclic) bond motifs is 1. The zero-order chi connectivity index (χ0) is 22.0. The number of rotatable bonds is 6. The van der Waals surface area contributed by atoms with E-state index in [1.54, 1.807) is 11.9 Å². The van der Waals surface area contributed by atoms with E-state index in [2.05, 4.69) is 23.0 Å². The molecule has 0 saturated heterocycles. The largest absolute Gasteiger partial charge is 0.455 e. The summed E-state index contributed by atoms with van der Waals surface area (Å²) in [6, 6.07) is 21.8. The Kier molecular flexibility index (Phi) is 6.05. The molecule has 2 N–H and O–H groups in total. The lowest BCUT2D eigenvalue weighted by Gasteiger charge is -2.20. The van der Waals surface area contributed by atoms with E-state index < -0.39 is 0 Å². The summed E-state index contributed by atoms with van der Waals surface area (Å²) in [7, 11) is 0. The van der Waals surface area contributed by atoms with Crippen LogP contribution in [0.15, 0.2) is 75.9 Å². The molecule has 5 heteroatoms. The minimum Gasteiger partial charge on any atom is -0.455 e. The Labute approximate surface area is 186 Å². The van der Waals surface area contributed by atoms with Crippen molar-refractivity contribution in [3.8, 4) is 11.3 Å². The third kappa shape index (κ3) is 4.19. The molecule has 0 fully saturated rings. The maximum absolute atomic E-state index is 13.3. The van der Waals surface area contributed by atoms with Gasteiger partial charge in [-0.3, -0.25) is 4.79 Å². The van der Waals surface area contributed by atoms with Gasteiger partial charge in [0.2, 0.25) is 0 Å². The second-order valence-corrected chi connectivity index (χ2v) is 8.31. The fourth-order valence-corrected chi connectivity index (χ4v) is 4.27. The first kappa shape index (κ1) is 21.1. The third-order valence-electron chi connectivity index (χ3n) is 5.41. The van der Waals surface area contributed by atoms with Crippen LogP contribution >= 0.6 is 11.9 Å². The molecule has 0 aliphatic rings. The number of nitrogens with one attached hydrogen (secondary N) is 2. The fourth-order valence-electron chi connectivity index (χ4n) is 3.87. The molecule has 1 aromatic heterocycles. The number of aryl methyl sites for hydroxylation is 1. The molecule has 0 spiro atoms. The molecule has 1 heterocycles. The van der Waals surface area contributed by atoms with Crippen LogP contribution in [0, 0.1) is 13.8 Å². The molecule has 0 bridgehead atoms. The quantitative estimate of drug-likeness (QED) is 0.325. The van der Waals surface area contributed by atoms with Crippen LogP contribution in [0.1, 0.15) is 29.7 Å². The van der Waals surface area contributed by atoms with E-state index >= 15 is 0 Å². The Balaban J connectivity index is 1.86. The molecular weight excluding hydrogens is 404 g/mol. The standard InChI is InChI=1S/C26H26N2O2S/c1-16-14-20(18(3)27-22-12-8-9-13-23(22)28-31-4)26-21(15-16)24(29)17(2)25(30-26)19-10-6-5-7-11-19/h5-15,18,27-28H,1-4H3. The molecule has 1 unspecified atom stereocenters. The van der Waals surface area contributed by atoms with E-state index in [9.17, 15) is 4.79 Å². The lowest BCUT2D eigenvalue weighted by atomic mass is 9.98. The van der Waals surface area contributed by atoms with Gasteiger partial charge in [-0.25, -0.2) is 0 Å². The van der Waals surface area contributed by atoms with Crippen molar-refractivity contribution in [2.45, 2.75) is 26.8 Å². The van der Waals surface area contributed by atoms with Crippen molar-refractivity contribution in [3.05, 3.63) is 93.6 Å². The molecule has 0 aliphatic carbocycles. The van der Waals surface area contributed by atoms with E-state index in [1.807, 2.05) is 80.8 Å². The van der Waals surface area contributed by atoms with Gasteiger partial charge in [-0.1, -0.05) is 60.5 Å². The first-order valence-electron chi connectivity index (χ1n) is 10.3. The molecule has 3 aromatic carbocycles. The number of anilines is 2. The van der Waals surface area contributed by atoms with Crippen molar-refractivity contribution in [1.29, 1.82) is 0 Å². The molecule has 0 aliphatic heterocycles. The van der Waals surface area contributed by atoms with Gasteiger partial charge in [0, 0.05) is 22.9 Å². The van der Waals surface area contributed by atoms with E-state index in [4.69, 9.17) is 4.42 Å². The van der Waals surface area contributed by atoms with Gasteiger partial charge in [-0.2, -0.15) is 0 Å². The number of hydrogen-bond acceptors (Lipinski definition) is 5. The van der Waals surface area contributed by atoms with E-state index in [-0.39, 0.29) is 11.5 Å². The zero-order valence-electron chi connectivity index (χ0n) is 18.2. The molecule has 4 rings (SSSR count). The van der Waals surface area contributed by atoms with Crippen molar-refractivity contribution in [1.82, 2.24) is 0 Å². The Morgan fingerprint density at radius 3 is 2.32 bits per heavy atom. The predicted molar refractivity (Wildman–Crippen MR) is 133 cm³/mol. The summed E-state index contributed by atoms with van der Waals surface area (Å²) >= 11 is 1.55. The van der Waals surface area contributed by atoms with E-state index in [0.717, 1.165) is 28.1 Å². The minimum atomic E-state index is -0.0679. The summed E-state index contributed by atoms with van der Waals surface area (Å²) < 4.78 is 9.73. The maximum atomic E-state index is 13.3. The van der Waals surface area contributed by atoms with Gasteiger partial charge in [0.25, 0.3) is 0 Å². The zero-order valence-corrected chi connectivity index (χ0v) is 19.0. The molecule has 31 heavy (non-hydrogen) atoms. The summed E-state index contributed by atoms with van der Waals surface area (Å²) in [6.45, 7) is 5.94. The van der Waals surface area contributed by atoms with Crippen LogP contribution in [0.5, 0.6) is 0 Å². The highest BCUT2D eigenvalue weighted by atomic mass is 32.2. The molecule has 158 valence electrons. The Morgan fingerprint density at radius 1 is 0.935 bits per heavy atom. The number of para-hydroxylation sites is 2. The Morgan fingerprint density at radius 2 is 1.61 bits per heavy atom. The van der Waals surface area contributed by atoms with Crippen LogP contribution < -0.4 is 15.5 Å². The Hall–Kier alpha value is -3.18. The number of hydrogen-bond donors (Lipinski definition) is 2. The van der Waals surface area contributed by atoms with Gasteiger partial charge < -0.3 is 14.5 Å². The molecule has 0 saturated carbocycles. The average molecular weight is 431 g/mol. The van der Waals surface area contributed by atoms with Crippen molar-refractivity contribution in [3.63, 3.8) is 0 Å². The average Bonchev–Trinajstić information content (AvgIpc) is 2.78. The molecular formula is C26H26N2O2S. The SMILES string of the molecule is CSNc1ccccc1NC(C)c1cc(C)cc2c(=O)c(C)c(-c3ccccc3)oc12. The highest BCUT2D eigenvalue weighted by molar-refractivity contribution is 7.99. The van der Waals surface area contributed by atoms with Crippen molar-refractivity contribution in [2.24, 2.45) is 0 Å². The van der Waals surface area contributed by atoms with Crippen molar-refractivity contribution in [2.75, 3.05) is 16.3 Å². The van der Waals surface area contributed by atoms with Crippen LogP contribution in [0.4, 0.5) is 11.4 Å². The van der Waals surface area contributed by atoms with Gasteiger partial charge in [0.15, 0.2) is 5.43 Å². The minimum absolute atomic E-state index is 0.0155. The van der Waals surface area contributed by atoms with E-state index in [0.29, 0.717) is 22.3 Å². The van der Waals surface area contributed by atoms with E-state index in [1.165, 1.54) is 0 Å². The fraction of sp³-hybridized carbons (Fsp3) is 0.192. The number of benzene rings is 3. The van der Waals surface area contributed by atoms with Crippen molar-refractivity contribution < 1.29 is 4.42 Å². The lowest BCUT2D eigenvalue weighted by molar-refractivity contribution is 0.605. The monoisotopic (exact) mass is 430 g/mol. The second kappa shape index (κ2) is 8.90. The molecule has 0 radical (unpaired) electrons. The molecule has 0 amide bonds. The van der Waals surface area contributed by atoms with Crippen LogP contribution in [-0.4, -0.2) is 6.26 Å². The second-order valence-electron chi connectivity index (χ2n) is 7.70. The van der Waals surface area contributed by atoms with Crippen LogP contribution in [-0.2, 0) is 0 Å². The molecule has 4 nitrogen and oxygen atoms in total. The topological polar surface area (TPSA) is 54.3 Å². The van der Waals surface area contributed by atoms with Gasteiger partial charge in [-0.05, 0) is 44.5 Å². The molecule has 4 aromatic rings. The van der Waals surface area contributed by atoms with Gasteiger partial charge >= 0.3 is 0 Å². The lowest BCUT2D eigenvalue weighted by Crippen LogP contribution is -2.13. The van der Waals surface area contributed by atoms with Gasteiger partial charge in [0.05, 0.1) is 22.8 Å². The summed E-state index contributed by atoms with van der Waals surface area (Å²) in [5.41, 5.74) is 6.19. The summed E-state index contributed by atoms with van der Waals surface area (Å²) in [6.07, 6.45) is 2.00. The van der Waals surface area contributed by atoms with Gasteiger partial charge in [-0.15, -0.1) is 0 Å². The molecule has 1 atom stereocenters. The smallest absolute Gasteiger partial charge is 0.196 e. The third-order valence-corrected chi connectivity index (χ3v) is 5.83. The van der Waals surface area contributed by atoms with Crippen LogP contribution in [0.25, 0.3) is 22.3 Å². The highest BCUT2D eigenvalue weighted by Gasteiger charge is 2.19. The van der Waals surface area contributed by atoms with Crippen molar-refractivity contribution >= 4 is 34.3 Å². The van der Waals surface area contributed by atoms with Crippen LogP contribution in [0.2, 0.25) is 0 Å². The summed E-state index contributed by atoms with van der Waals surface area (Å²) in [5.74, 6) is 0.625. The maximum Gasteiger partial charge on any atom is 0.196 e. The highest BCUT2D eigenvalue weighted by Crippen LogP contribution is 2.33. The predicted octanol–water partition coefficient (Wildman–Crippen LogP) is 6.94. The van der Waals surface area contributed by atoms with Crippen LogP contribution in [0.3, 0.4) is 0 Å². The summed E-state index contributed by atoms with van der Waals surface area (Å²) in [5, 5.41) is 4.21. The Bertz CT molecular complexity index is 1280.